The van der Waals surface area contributed by atoms with Gasteiger partial charge in [0.15, 0.2) is 6.39 Å². The van der Waals surface area contributed by atoms with Crippen molar-refractivity contribution < 1.29 is 75.6 Å². The average molecular weight is 206 g/mol. The van der Waals surface area contributed by atoms with E-state index in [0.717, 1.165) is 0 Å². The summed E-state index contributed by atoms with van der Waals surface area (Å²) < 4.78 is 13.1. The molecule has 3 N–H and O–H groups in total. The van der Waals surface area contributed by atoms with Gasteiger partial charge in [0.2, 0.25) is 0 Å². The van der Waals surface area contributed by atoms with Crippen LogP contribution in [0, 0.1) is 0 Å². The fourth-order valence-electron chi connectivity index (χ4n) is 0.176. The SMILES string of the molecule is O.O=[P+]([O-])O.[K+].c1cocn1. The summed E-state index contributed by atoms with van der Waals surface area (Å²) >= 11 is 0. The molecule has 1 atom stereocenters. The molecule has 1 rings (SSSR count). The van der Waals surface area contributed by atoms with Gasteiger partial charge in [-0.25, -0.2) is 4.98 Å². The third-order valence-corrected chi connectivity index (χ3v) is 0.347. The zero-order chi connectivity index (χ0) is 7.11. The zero-order valence-corrected chi connectivity index (χ0v) is 9.82. The van der Waals surface area contributed by atoms with Crippen LogP contribution in [0.25, 0.3) is 0 Å². The molecule has 11 heavy (non-hydrogen) atoms. The van der Waals surface area contributed by atoms with Crippen molar-refractivity contribution in [3.8, 4) is 0 Å². The predicted octanol–water partition coefficient (Wildman–Crippen LogP) is -4.15. The quantitative estimate of drug-likeness (QED) is 0.341. The molecule has 1 aromatic heterocycles. The van der Waals surface area contributed by atoms with E-state index in [4.69, 9.17) is 14.4 Å². The van der Waals surface area contributed by atoms with Gasteiger partial charge in [-0.15, -0.1) is 0 Å². The molecule has 58 valence electrons. The average Bonchev–Trinajstić information content (AvgIpc) is 2.11. The number of oxazole rings is 1. The largest absolute Gasteiger partial charge is 1.00 e. The molecule has 1 heterocycles. The predicted molar refractivity (Wildman–Crippen MR) is 29.9 cm³/mol. The van der Waals surface area contributed by atoms with Crippen LogP contribution in [-0.2, 0) is 4.57 Å². The van der Waals surface area contributed by atoms with E-state index in [2.05, 4.69) is 9.40 Å². The summed E-state index contributed by atoms with van der Waals surface area (Å²) in [5.74, 6) is 0. The Balaban J connectivity index is -0.000000101. The molecule has 1 aromatic rings. The Hall–Kier alpha value is 0.826. The van der Waals surface area contributed by atoms with Gasteiger partial charge in [0, 0.05) is 0 Å². The fraction of sp³-hybridized carbons (Fsp3) is 0. The number of rotatable bonds is 0. The van der Waals surface area contributed by atoms with E-state index >= 15 is 0 Å². The monoisotopic (exact) mass is 206 g/mol. The minimum Gasteiger partial charge on any atom is -0.567 e. The maximum absolute atomic E-state index is 8.59. The Bertz CT molecular complexity index is 136. The van der Waals surface area contributed by atoms with Crippen LogP contribution >= 0.6 is 8.25 Å². The summed E-state index contributed by atoms with van der Waals surface area (Å²) in [6.45, 7) is 0. The molecule has 0 saturated heterocycles. The van der Waals surface area contributed by atoms with Gasteiger partial charge in [-0.2, -0.15) is 4.89 Å². The van der Waals surface area contributed by atoms with Crippen LogP contribution in [0.5, 0.6) is 0 Å². The molecule has 0 bridgehead atoms. The fourth-order valence-corrected chi connectivity index (χ4v) is 0.176. The van der Waals surface area contributed by atoms with Crippen molar-refractivity contribution in [1.29, 1.82) is 0 Å². The summed E-state index contributed by atoms with van der Waals surface area (Å²) in [5, 5.41) is 0. The topological polar surface area (TPSA) is 118 Å². The molecule has 0 spiro atoms. The van der Waals surface area contributed by atoms with E-state index in [1.807, 2.05) is 0 Å². The molecule has 6 nitrogen and oxygen atoms in total. The molecule has 0 aromatic carbocycles. The van der Waals surface area contributed by atoms with Gasteiger partial charge in [0.25, 0.3) is 0 Å². The first-order valence-corrected chi connectivity index (χ1v) is 3.02. The maximum atomic E-state index is 8.59. The van der Waals surface area contributed by atoms with E-state index in [1.165, 1.54) is 12.7 Å². The van der Waals surface area contributed by atoms with Gasteiger partial charge in [0.1, 0.15) is 6.26 Å². The van der Waals surface area contributed by atoms with Crippen LogP contribution in [0.4, 0.5) is 0 Å². The molecular formula is C3H6KNO5P+. The second-order valence-electron chi connectivity index (χ2n) is 0.914. The van der Waals surface area contributed by atoms with Gasteiger partial charge < -0.3 is 14.8 Å². The van der Waals surface area contributed by atoms with Crippen molar-refractivity contribution in [2.24, 2.45) is 0 Å². The van der Waals surface area contributed by atoms with Gasteiger partial charge in [-0.3, -0.25) is 0 Å². The van der Waals surface area contributed by atoms with E-state index in [-0.39, 0.29) is 56.9 Å². The summed E-state index contributed by atoms with van der Waals surface area (Å²) in [6.07, 6.45) is 4.47. The van der Waals surface area contributed by atoms with Crippen molar-refractivity contribution in [3.63, 3.8) is 0 Å². The maximum Gasteiger partial charge on any atom is 1.00 e. The van der Waals surface area contributed by atoms with Gasteiger partial charge in [-0.1, -0.05) is 0 Å². The first-order chi connectivity index (χ1) is 4.23. The number of aromatic nitrogens is 1. The van der Waals surface area contributed by atoms with Crippen molar-refractivity contribution >= 4 is 8.25 Å². The number of hydrogen-bond donors (Lipinski definition) is 1. The number of nitrogens with zero attached hydrogens (tertiary/aromatic N) is 1. The Morgan fingerprint density at radius 2 is 2.09 bits per heavy atom. The van der Waals surface area contributed by atoms with Crippen molar-refractivity contribution in [1.82, 2.24) is 4.98 Å². The summed E-state index contributed by atoms with van der Waals surface area (Å²) in [6, 6.07) is 0. The summed E-state index contributed by atoms with van der Waals surface area (Å²) in [5.41, 5.74) is 0. The molecule has 0 radical (unpaired) electrons. The Kier molecular flexibility index (Phi) is 21.7. The molecular weight excluding hydrogens is 200 g/mol. The van der Waals surface area contributed by atoms with Gasteiger partial charge in [0.05, 0.1) is 6.20 Å². The molecule has 0 amide bonds. The summed E-state index contributed by atoms with van der Waals surface area (Å²) in [4.78, 5) is 19.2. The summed E-state index contributed by atoms with van der Waals surface area (Å²) in [7, 11) is -3.12. The Morgan fingerprint density at radius 1 is 1.64 bits per heavy atom. The van der Waals surface area contributed by atoms with Crippen molar-refractivity contribution in [3.05, 3.63) is 18.9 Å². The molecule has 0 fully saturated rings. The van der Waals surface area contributed by atoms with Gasteiger partial charge in [-0.05, 0) is 4.57 Å². The molecule has 0 aliphatic rings. The second kappa shape index (κ2) is 13.4. The van der Waals surface area contributed by atoms with Crippen molar-refractivity contribution in [2.45, 2.75) is 0 Å². The third kappa shape index (κ3) is 24.8. The second-order valence-corrected chi connectivity index (χ2v) is 1.39. The number of hydrogen-bond acceptors (Lipinski definition) is 4. The van der Waals surface area contributed by atoms with Crippen LogP contribution in [0.15, 0.2) is 23.3 Å². The Labute approximate surface area is 106 Å². The zero-order valence-electron chi connectivity index (χ0n) is 5.80. The molecule has 0 aliphatic heterocycles. The van der Waals surface area contributed by atoms with Crippen LogP contribution in [0.3, 0.4) is 0 Å². The van der Waals surface area contributed by atoms with Crippen LogP contribution < -0.4 is 56.3 Å². The van der Waals surface area contributed by atoms with Crippen LogP contribution in [0.1, 0.15) is 0 Å². The van der Waals surface area contributed by atoms with E-state index in [9.17, 15) is 0 Å². The van der Waals surface area contributed by atoms with Crippen LogP contribution in [-0.4, -0.2) is 15.4 Å². The molecule has 0 aliphatic carbocycles. The van der Waals surface area contributed by atoms with E-state index in [1.54, 1.807) is 6.20 Å². The normalized spacial score (nSPS) is 7.64. The first-order valence-electron chi connectivity index (χ1n) is 1.89. The molecule has 0 saturated carbocycles. The third-order valence-electron chi connectivity index (χ3n) is 0.347. The van der Waals surface area contributed by atoms with Gasteiger partial charge >= 0.3 is 59.6 Å². The standard InChI is InChI=1S/C3H3NO.K.HO3P.H2O/c1-2-5-3-4-1;;1-4(2)3;/h1-3H;;(H,1,2,3);1H2/q;+1;;. The van der Waals surface area contributed by atoms with E-state index in [0.29, 0.717) is 0 Å². The minimum absolute atomic E-state index is 0. The Morgan fingerprint density at radius 3 is 2.18 bits per heavy atom. The van der Waals surface area contributed by atoms with Crippen molar-refractivity contribution in [2.75, 3.05) is 0 Å². The van der Waals surface area contributed by atoms with Crippen LogP contribution in [0.2, 0.25) is 0 Å². The minimum atomic E-state index is -3.12. The molecule has 1 unspecified atom stereocenters. The molecule has 8 heteroatoms. The van der Waals surface area contributed by atoms with E-state index < -0.39 is 8.25 Å². The first kappa shape index (κ1) is 17.8. The smallest absolute Gasteiger partial charge is 0.567 e.